The van der Waals surface area contributed by atoms with Crippen LogP contribution in [0.15, 0.2) is 41.3 Å². The van der Waals surface area contributed by atoms with E-state index in [0.717, 1.165) is 34.3 Å². The van der Waals surface area contributed by atoms with Gasteiger partial charge in [0.15, 0.2) is 11.5 Å². The molecule has 110 valence electrons. The van der Waals surface area contributed by atoms with Gasteiger partial charge in [-0.2, -0.15) is 0 Å². The second-order valence-electron chi connectivity index (χ2n) is 4.66. The Morgan fingerprint density at radius 3 is 2.43 bits per heavy atom. The van der Waals surface area contributed by atoms with Gasteiger partial charge in [-0.15, -0.1) is 11.8 Å². The van der Waals surface area contributed by atoms with Gasteiger partial charge in [-0.1, -0.05) is 0 Å². The third-order valence-electron chi connectivity index (χ3n) is 3.26. The maximum Gasteiger partial charge on any atom is 0.163 e. The Bertz CT molecular complexity index is 628. The van der Waals surface area contributed by atoms with Crippen LogP contribution < -0.4 is 19.9 Å². The number of rotatable bonds is 4. The van der Waals surface area contributed by atoms with Gasteiger partial charge < -0.3 is 19.9 Å². The molecule has 0 aromatic heterocycles. The lowest BCUT2D eigenvalue weighted by Gasteiger charge is -2.20. The van der Waals surface area contributed by atoms with Crippen molar-refractivity contribution in [3.8, 4) is 17.2 Å². The van der Waals surface area contributed by atoms with E-state index in [-0.39, 0.29) is 0 Å². The van der Waals surface area contributed by atoms with Crippen molar-refractivity contribution in [1.82, 2.24) is 0 Å². The summed E-state index contributed by atoms with van der Waals surface area (Å²) in [5, 5.41) is 0. The van der Waals surface area contributed by atoms with Crippen molar-refractivity contribution in [3.05, 3.63) is 42.0 Å². The van der Waals surface area contributed by atoms with Gasteiger partial charge in [-0.05, 0) is 35.9 Å². The number of fused-ring (bicyclic) bond motifs is 1. The van der Waals surface area contributed by atoms with E-state index in [4.69, 9.17) is 19.9 Å². The van der Waals surface area contributed by atoms with Crippen LogP contribution in [0.3, 0.4) is 0 Å². The fourth-order valence-electron chi connectivity index (χ4n) is 2.10. The van der Waals surface area contributed by atoms with E-state index in [1.165, 1.54) is 4.90 Å². The molecule has 0 saturated carbocycles. The van der Waals surface area contributed by atoms with E-state index in [0.29, 0.717) is 13.2 Å². The summed E-state index contributed by atoms with van der Waals surface area (Å²) in [4.78, 5) is 1.17. The minimum Gasteiger partial charge on any atom is -0.497 e. The van der Waals surface area contributed by atoms with Gasteiger partial charge in [0, 0.05) is 22.4 Å². The number of nitrogen functional groups attached to an aromatic ring is 1. The van der Waals surface area contributed by atoms with Crippen molar-refractivity contribution in [1.29, 1.82) is 0 Å². The van der Waals surface area contributed by atoms with E-state index in [9.17, 15) is 0 Å². The number of thioether (sulfide) groups is 1. The molecule has 0 unspecified atom stereocenters. The van der Waals surface area contributed by atoms with Gasteiger partial charge in [-0.3, -0.25) is 0 Å². The molecule has 4 nitrogen and oxygen atoms in total. The minimum absolute atomic E-state index is 0.576. The first-order valence-electron chi connectivity index (χ1n) is 6.71. The summed E-state index contributed by atoms with van der Waals surface area (Å²) in [5.74, 6) is 3.16. The molecule has 0 aliphatic carbocycles. The highest BCUT2D eigenvalue weighted by Gasteiger charge is 2.14. The number of methoxy groups -OCH3 is 1. The zero-order valence-corrected chi connectivity index (χ0v) is 12.6. The highest BCUT2D eigenvalue weighted by molar-refractivity contribution is 7.98. The number of hydrogen-bond acceptors (Lipinski definition) is 5. The number of hydrogen-bond donors (Lipinski definition) is 1. The number of anilines is 1. The SMILES string of the molecule is COc1ccc(SCc2cc3c(cc2N)OCCO3)cc1. The predicted molar refractivity (Wildman–Crippen MR) is 84.4 cm³/mol. The first-order valence-corrected chi connectivity index (χ1v) is 7.69. The average Bonchev–Trinajstić information content (AvgIpc) is 2.53. The summed E-state index contributed by atoms with van der Waals surface area (Å²) < 4.78 is 16.3. The molecule has 2 aromatic rings. The smallest absolute Gasteiger partial charge is 0.163 e. The Morgan fingerprint density at radius 2 is 1.76 bits per heavy atom. The molecule has 5 heteroatoms. The Labute approximate surface area is 128 Å². The van der Waals surface area contributed by atoms with Crippen LogP contribution in [0.25, 0.3) is 0 Å². The molecule has 1 heterocycles. The summed E-state index contributed by atoms with van der Waals surface area (Å²) in [6.45, 7) is 1.16. The van der Waals surface area contributed by atoms with E-state index < -0.39 is 0 Å². The monoisotopic (exact) mass is 303 g/mol. The van der Waals surface area contributed by atoms with Crippen molar-refractivity contribution in [3.63, 3.8) is 0 Å². The summed E-state index contributed by atoms with van der Waals surface area (Å²) in [5.41, 5.74) is 7.88. The second-order valence-corrected chi connectivity index (χ2v) is 5.71. The highest BCUT2D eigenvalue weighted by atomic mass is 32.2. The molecule has 3 rings (SSSR count). The molecule has 0 saturated heterocycles. The maximum absolute atomic E-state index is 6.09. The highest BCUT2D eigenvalue weighted by Crippen LogP contribution is 2.36. The zero-order valence-electron chi connectivity index (χ0n) is 11.8. The fraction of sp³-hybridized carbons (Fsp3) is 0.250. The van der Waals surface area contributed by atoms with E-state index in [1.54, 1.807) is 18.9 Å². The molecule has 1 aliphatic rings. The lowest BCUT2D eigenvalue weighted by molar-refractivity contribution is 0.171. The maximum atomic E-state index is 6.09. The Kier molecular flexibility index (Phi) is 4.10. The van der Waals surface area contributed by atoms with Crippen molar-refractivity contribution in [2.45, 2.75) is 10.6 Å². The lowest BCUT2D eigenvalue weighted by atomic mass is 10.2. The topological polar surface area (TPSA) is 53.7 Å². The zero-order chi connectivity index (χ0) is 14.7. The molecular weight excluding hydrogens is 286 g/mol. The number of benzene rings is 2. The largest absolute Gasteiger partial charge is 0.497 e. The van der Waals surface area contributed by atoms with E-state index in [2.05, 4.69) is 0 Å². The standard InChI is InChI=1S/C16H17NO3S/c1-18-12-2-4-13(5-3-12)21-10-11-8-15-16(9-14(11)17)20-7-6-19-15/h2-5,8-9H,6-7,10,17H2,1H3. The van der Waals surface area contributed by atoms with Crippen LogP contribution in [0.4, 0.5) is 5.69 Å². The van der Waals surface area contributed by atoms with Crippen LogP contribution in [0, 0.1) is 0 Å². The van der Waals surface area contributed by atoms with Crippen LogP contribution >= 0.6 is 11.8 Å². The Balaban J connectivity index is 1.72. The first-order chi connectivity index (χ1) is 10.3. The average molecular weight is 303 g/mol. The molecular formula is C16H17NO3S. The van der Waals surface area contributed by atoms with Crippen LogP contribution in [0.5, 0.6) is 17.2 Å². The summed E-state index contributed by atoms with van der Waals surface area (Å²) in [6, 6.07) is 11.8. The third-order valence-corrected chi connectivity index (χ3v) is 4.32. The summed E-state index contributed by atoms with van der Waals surface area (Å²) >= 11 is 1.73. The third kappa shape index (κ3) is 3.19. The van der Waals surface area contributed by atoms with Crippen LogP contribution in [-0.4, -0.2) is 20.3 Å². The molecule has 0 bridgehead atoms. The summed E-state index contributed by atoms with van der Waals surface area (Å²) in [6.07, 6.45) is 0. The molecule has 0 radical (unpaired) electrons. The fourth-order valence-corrected chi connectivity index (χ4v) is 3.01. The van der Waals surface area contributed by atoms with Gasteiger partial charge >= 0.3 is 0 Å². The van der Waals surface area contributed by atoms with Gasteiger partial charge in [-0.25, -0.2) is 0 Å². The first kappa shape index (κ1) is 13.9. The molecule has 2 aromatic carbocycles. The predicted octanol–water partition coefficient (Wildman–Crippen LogP) is 3.34. The second kappa shape index (κ2) is 6.18. The summed E-state index contributed by atoms with van der Waals surface area (Å²) in [7, 11) is 1.66. The van der Waals surface area contributed by atoms with E-state index in [1.807, 2.05) is 36.4 Å². The molecule has 2 N–H and O–H groups in total. The van der Waals surface area contributed by atoms with Crippen LogP contribution in [-0.2, 0) is 5.75 Å². The Hall–Kier alpha value is -2.01. The molecule has 0 fully saturated rings. The molecule has 1 aliphatic heterocycles. The van der Waals surface area contributed by atoms with Crippen LogP contribution in [0.2, 0.25) is 0 Å². The molecule has 0 spiro atoms. The van der Waals surface area contributed by atoms with Crippen molar-refractivity contribution in [2.75, 3.05) is 26.1 Å². The molecule has 0 amide bonds. The van der Waals surface area contributed by atoms with Gasteiger partial charge in [0.2, 0.25) is 0 Å². The Morgan fingerprint density at radius 1 is 1.10 bits per heavy atom. The number of nitrogens with two attached hydrogens (primary N) is 1. The normalized spacial score (nSPS) is 13.0. The molecule has 0 atom stereocenters. The van der Waals surface area contributed by atoms with Gasteiger partial charge in [0.1, 0.15) is 19.0 Å². The van der Waals surface area contributed by atoms with Crippen molar-refractivity contribution in [2.24, 2.45) is 0 Å². The van der Waals surface area contributed by atoms with Crippen molar-refractivity contribution >= 4 is 17.4 Å². The van der Waals surface area contributed by atoms with Gasteiger partial charge in [0.25, 0.3) is 0 Å². The molecule has 21 heavy (non-hydrogen) atoms. The van der Waals surface area contributed by atoms with Crippen LogP contribution in [0.1, 0.15) is 5.56 Å². The van der Waals surface area contributed by atoms with Crippen molar-refractivity contribution < 1.29 is 14.2 Å². The quantitative estimate of drug-likeness (QED) is 0.693. The minimum atomic E-state index is 0.576. The van der Waals surface area contributed by atoms with E-state index >= 15 is 0 Å². The number of ether oxygens (including phenoxy) is 3. The lowest BCUT2D eigenvalue weighted by Crippen LogP contribution is -2.15. The van der Waals surface area contributed by atoms with Gasteiger partial charge in [0.05, 0.1) is 7.11 Å².